The van der Waals surface area contributed by atoms with Crippen LogP contribution < -0.4 is 4.74 Å². The van der Waals surface area contributed by atoms with Gasteiger partial charge in [0, 0.05) is 23.4 Å². The second kappa shape index (κ2) is 7.64. The van der Waals surface area contributed by atoms with Crippen molar-refractivity contribution in [3.63, 3.8) is 0 Å². The van der Waals surface area contributed by atoms with E-state index >= 15 is 0 Å². The zero-order chi connectivity index (χ0) is 23.1. The van der Waals surface area contributed by atoms with Gasteiger partial charge >= 0.3 is 0 Å². The number of hydrogen-bond donors (Lipinski definition) is 0. The SMILES string of the molecule is COc1ccc(-n2c(-c3cc([N+](=O)[O-])cc([N+](=O)[O-])c3)nc3nc4ccccc4nc32)cc1. The van der Waals surface area contributed by atoms with E-state index in [9.17, 15) is 20.2 Å². The fourth-order valence-electron chi connectivity index (χ4n) is 3.56. The first kappa shape index (κ1) is 20.0. The average Bonchev–Trinajstić information content (AvgIpc) is 3.20. The molecule has 0 aliphatic heterocycles. The topological polar surface area (TPSA) is 139 Å². The molecule has 0 aliphatic carbocycles. The van der Waals surface area contributed by atoms with E-state index in [1.54, 1.807) is 42.0 Å². The molecule has 0 saturated heterocycles. The number of hydrogen-bond acceptors (Lipinski definition) is 8. The largest absolute Gasteiger partial charge is 0.497 e. The van der Waals surface area contributed by atoms with E-state index in [0.717, 1.165) is 6.07 Å². The van der Waals surface area contributed by atoms with Crippen LogP contribution in [0.25, 0.3) is 39.4 Å². The van der Waals surface area contributed by atoms with Gasteiger partial charge in [-0.3, -0.25) is 24.8 Å². The van der Waals surface area contributed by atoms with Gasteiger partial charge in [0.25, 0.3) is 11.4 Å². The van der Waals surface area contributed by atoms with E-state index in [-0.39, 0.29) is 11.4 Å². The lowest BCUT2D eigenvalue weighted by Gasteiger charge is -2.10. The summed E-state index contributed by atoms with van der Waals surface area (Å²) in [6, 6.07) is 17.7. The second-order valence-corrected chi connectivity index (χ2v) is 7.08. The highest BCUT2D eigenvalue weighted by atomic mass is 16.6. The van der Waals surface area contributed by atoms with Crippen LogP contribution in [-0.4, -0.2) is 36.5 Å². The molecule has 162 valence electrons. The molecule has 0 radical (unpaired) electrons. The van der Waals surface area contributed by atoms with Gasteiger partial charge in [-0.25, -0.2) is 15.0 Å². The summed E-state index contributed by atoms with van der Waals surface area (Å²) in [6.45, 7) is 0. The standard InChI is InChI=1S/C22H14N6O5/c1-33-17-8-6-14(7-9-17)26-21(13-10-15(27(29)30)12-16(11-13)28(31)32)25-20-22(26)24-19-5-3-2-4-18(19)23-20/h2-12H,1H3. The zero-order valence-electron chi connectivity index (χ0n) is 17.1. The molecule has 5 rings (SSSR count). The fourth-order valence-corrected chi connectivity index (χ4v) is 3.56. The third-order valence-electron chi connectivity index (χ3n) is 5.08. The van der Waals surface area contributed by atoms with Crippen LogP contribution >= 0.6 is 0 Å². The van der Waals surface area contributed by atoms with Gasteiger partial charge in [-0.1, -0.05) is 12.1 Å². The zero-order valence-corrected chi connectivity index (χ0v) is 17.1. The highest BCUT2D eigenvalue weighted by molar-refractivity contribution is 5.86. The Kier molecular flexibility index (Phi) is 4.63. The number of nitro groups is 2. The van der Waals surface area contributed by atoms with Gasteiger partial charge in [-0.15, -0.1) is 0 Å². The molecule has 11 heteroatoms. The van der Waals surface area contributed by atoms with Gasteiger partial charge in [0.15, 0.2) is 11.3 Å². The molecule has 3 aromatic carbocycles. The predicted molar refractivity (Wildman–Crippen MR) is 119 cm³/mol. The lowest BCUT2D eigenvalue weighted by molar-refractivity contribution is -0.394. The first-order valence-electron chi connectivity index (χ1n) is 9.68. The Morgan fingerprint density at radius 1 is 0.818 bits per heavy atom. The Balaban J connectivity index is 1.85. The number of rotatable bonds is 5. The number of methoxy groups -OCH3 is 1. The molecule has 0 atom stereocenters. The maximum absolute atomic E-state index is 11.4. The lowest BCUT2D eigenvalue weighted by atomic mass is 10.1. The van der Waals surface area contributed by atoms with Crippen molar-refractivity contribution >= 4 is 33.7 Å². The van der Waals surface area contributed by atoms with E-state index in [1.807, 2.05) is 18.2 Å². The fraction of sp³-hybridized carbons (Fsp3) is 0.0455. The van der Waals surface area contributed by atoms with E-state index in [4.69, 9.17) is 9.72 Å². The molecule has 0 spiro atoms. The minimum atomic E-state index is -0.679. The van der Waals surface area contributed by atoms with Crippen LogP contribution in [0.1, 0.15) is 0 Å². The molecule has 0 fully saturated rings. The summed E-state index contributed by atoms with van der Waals surface area (Å²) < 4.78 is 6.89. The van der Waals surface area contributed by atoms with E-state index in [1.165, 1.54) is 12.1 Å². The van der Waals surface area contributed by atoms with Crippen molar-refractivity contribution in [3.8, 4) is 22.8 Å². The van der Waals surface area contributed by atoms with Crippen LogP contribution in [0.4, 0.5) is 11.4 Å². The van der Waals surface area contributed by atoms with Crippen LogP contribution in [0.5, 0.6) is 5.75 Å². The van der Waals surface area contributed by atoms with E-state index < -0.39 is 21.2 Å². The quantitative estimate of drug-likeness (QED) is 0.287. The third kappa shape index (κ3) is 3.47. The van der Waals surface area contributed by atoms with Crippen LogP contribution in [0.3, 0.4) is 0 Å². The molecule has 0 N–H and O–H groups in total. The number of benzene rings is 3. The van der Waals surface area contributed by atoms with Crippen molar-refractivity contribution in [2.75, 3.05) is 7.11 Å². The number of ether oxygens (including phenoxy) is 1. The number of nitro benzene ring substituents is 2. The van der Waals surface area contributed by atoms with Crippen LogP contribution in [-0.2, 0) is 0 Å². The van der Waals surface area contributed by atoms with Gasteiger partial charge in [0.1, 0.15) is 11.6 Å². The normalized spacial score (nSPS) is 11.1. The molecule has 0 amide bonds. The Morgan fingerprint density at radius 2 is 1.42 bits per heavy atom. The molecule has 2 heterocycles. The predicted octanol–water partition coefficient (Wildman–Crippen LogP) is 4.46. The molecule has 0 bridgehead atoms. The minimum absolute atomic E-state index is 0.190. The summed E-state index contributed by atoms with van der Waals surface area (Å²) in [5, 5.41) is 22.9. The molecule has 33 heavy (non-hydrogen) atoms. The van der Waals surface area contributed by atoms with Gasteiger partial charge in [0.2, 0.25) is 0 Å². The second-order valence-electron chi connectivity index (χ2n) is 7.08. The minimum Gasteiger partial charge on any atom is -0.497 e. The summed E-state index contributed by atoms with van der Waals surface area (Å²) >= 11 is 0. The lowest BCUT2D eigenvalue weighted by Crippen LogP contribution is -2.01. The third-order valence-corrected chi connectivity index (χ3v) is 5.08. The van der Waals surface area contributed by atoms with E-state index in [2.05, 4.69) is 9.97 Å². The number of para-hydroxylation sites is 2. The van der Waals surface area contributed by atoms with Crippen molar-refractivity contribution in [2.45, 2.75) is 0 Å². The van der Waals surface area contributed by atoms with Crippen molar-refractivity contribution in [1.82, 2.24) is 19.5 Å². The van der Waals surface area contributed by atoms with Gasteiger partial charge in [-0.2, -0.15) is 0 Å². The molecular weight excluding hydrogens is 428 g/mol. The Labute approximate surface area is 185 Å². The van der Waals surface area contributed by atoms with Crippen molar-refractivity contribution in [2.24, 2.45) is 0 Å². The Hall–Kier alpha value is -4.93. The number of aromatic nitrogens is 4. The molecule has 2 aromatic heterocycles. The highest BCUT2D eigenvalue weighted by Gasteiger charge is 2.23. The monoisotopic (exact) mass is 442 g/mol. The van der Waals surface area contributed by atoms with E-state index in [0.29, 0.717) is 33.8 Å². The average molecular weight is 442 g/mol. The molecule has 0 unspecified atom stereocenters. The smallest absolute Gasteiger partial charge is 0.277 e. The maximum atomic E-state index is 11.4. The summed E-state index contributed by atoms with van der Waals surface area (Å²) in [6.07, 6.45) is 0. The first-order chi connectivity index (χ1) is 15.9. The summed E-state index contributed by atoms with van der Waals surface area (Å²) in [4.78, 5) is 35.3. The molecule has 0 saturated carbocycles. The molecule has 5 aromatic rings. The van der Waals surface area contributed by atoms with Crippen molar-refractivity contribution < 1.29 is 14.6 Å². The summed E-state index contributed by atoms with van der Waals surface area (Å²) in [7, 11) is 1.55. The molecule has 11 nitrogen and oxygen atoms in total. The van der Waals surface area contributed by atoms with Gasteiger partial charge < -0.3 is 4.74 Å². The molecule has 0 aliphatic rings. The summed E-state index contributed by atoms with van der Waals surface area (Å²) in [5.41, 5.74) is 1.95. The first-order valence-corrected chi connectivity index (χ1v) is 9.68. The van der Waals surface area contributed by atoms with Crippen LogP contribution in [0.2, 0.25) is 0 Å². The number of nitrogens with zero attached hydrogens (tertiary/aromatic N) is 6. The van der Waals surface area contributed by atoms with Crippen LogP contribution in [0, 0.1) is 20.2 Å². The number of non-ortho nitro benzene ring substituents is 2. The highest BCUT2D eigenvalue weighted by Crippen LogP contribution is 2.33. The Morgan fingerprint density at radius 3 is 2.00 bits per heavy atom. The van der Waals surface area contributed by atoms with Gasteiger partial charge in [-0.05, 0) is 36.4 Å². The van der Waals surface area contributed by atoms with Gasteiger partial charge in [0.05, 0.1) is 34.1 Å². The number of imidazole rings is 1. The maximum Gasteiger partial charge on any atom is 0.277 e. The Bertz CT molecular complexity index is 1530. The summed E-state index contributed by atoms with van der Waals surface area (Å²) in [5.74, 6) is 0.865. The van der Waals surface area contributed by atoms with Crippen molar-refractivity contribution in [1.29, 1.82) is 0 Å². The molecular formula is C22H14N6O5. The van der Waals surface area contributed by atoms with Crippen LogP contribution in [0.15, 0.2) is 66.7 Å². The number of fused-ring (bicyclic) bond motifs is 2. The van der Waals surface area contributed by atoms with Crippen molar-refractivity contribution in [3.05, 3.63) is 87.0 Å².